The number of carbonyl (C=O) groups is 3. The number of likely N-dealkylation sites (tertiary alicyclic amines) is 1. The van der Waals surface area contributed by atoms with Gasteiger partial charge in [-0.25, -0.2) is 4.79 Å². The number of nitrogens with one attached hydrogen (secondary N) is 2. The van der Waals surface area contributed by atoms with E-state index >= 15 is 0 Å². The molecular formula is C10H16N4O4. The molecule has 8 heteroatoms. The van der Waals surface area contributed by atoms with Gasteiger partial charge < -0.3 is 16.2 Å². The summed E-state index contributed by atoms with van der Waals surface area (Å²) in [6.07, 6.45) is 0.825. The van der Waals surface area contributed by atoms with E-state index in [9.17, 15) is 14.4 Å². The molecule has 2 amide bonds. The lowest BCUT2D eigenvalue weighted by Crippen LogP contribution is -2.55. The summed E-state index contributed by atoms with van der Waals surface area (Å²) in [7, 11) is 0. The molecule has 0 bridgehead atoms. The van der Waals surface area contributed by atoms with E-state index in [-0.39, 0.29) is 30.7 Å². The van der Waals surface area contributed by atoms with E-state index in [1.54, 1.807) is 0 Å². The van der Waals surface area contributed by atoms with Crippen molar-refractivity contribution in [3.8, 4) is 0 Å². The van der Waals surface area contributed by atoms with Gasteiger partial charge in [0.2, 0.25) is 11.8 Å². The Morgan fingerprint density at radius 1 is 1.67 bits per heavy atom. The Balaban J connectivity index is 2.48. The first-order valence-electron chi connectivity index (χ1n) is 5.49. The van der Waals surface area contributed by atoms with E-state index < -0.39 is 18.0 Å². The van der Waals surface area contributed by atoms with Crippen molar-refractivity contribution in [3.63, 3.8) is 0 Å². The van der Waals surface area contributed by atoms with Crippen molar-refractivity contribution in [2.45, 2.75) is 38.3 Å². The summed E-state index contributed by atoms with van der Waals surface area (Å²) < 4.78 is 0. The van der Waals surface area contributed by atoms with Crippen LogP contribution >= 0.6 is 0 Å². The molecule has 0 spiro atoms. The molecule has 1 fully saturated rings. The molecule has 2 unspecified atom stereocenters. The average molecular weight is 256 g/mol. The molecule has 1 heterocycles. The number of carbonyl (C=O) groups excluding carboxylic acids is 2. The van der Waals surface area contributed by atoms with Crippen LogP contribution in [0.2, 0.25) is 0 Å². The van der Waals surface area contributed by atoms with Crippen LogP contribution in [0.3, 0.4) is 0 Å². The zero-order chi connectivity index (χ0) is 13.9. The number of β-lactam (4-membered cyclic amide) rings is 1. The summed E-state index contributed by atoms with van der Waals surface area (Å²) in [6, 6.07) is -1.22. The number of aliphatic carboxylic acids is 1. The number of carboxylic acids is 1. The van der Waals surface area contributed by atoms with Crippen LogP contribution in [0.1, 0.15) is 26.2 Å². The number of rotatable bonds is 5. The minimum Gasteiger partial charge on any atom is -0.480 e. The van der Waals surface area contributed by atoms with Crippen molar-refractivity contribution in [2.75, 3.05) is 0 Å². The second kappa shape index (κ2) is 5.48. The summed E-state index contributed by atoms with van der Waals surface area (Å²) in [5.41, 5.74) is 5.07. The number of nitrogens with zero attached hydrogens (tertiary/aromatic N) is 1. The summed E-state index contributed by atoms with van der Waals surface area (Å²) in [4.78, 5) is 34.3. The van der Waals surface area contributed by atoms with Gasteiger partial charge in [-0.1, -0.05) is 0 Å². The standard InChI is InChI=1S/C10H16N4O4/c1-5(15)14-6(4-8(14)16)2-3-7(9(17)18)13-10(11)12/h6-7H,2-4H2,1H3,(H,17,18)(H4,11,12,13). The summed E-state index contributed by atoms with van der Waals surface area (Å²) in [6.45, 7) is 1.30. The predicted molar refractivity (Wildman–Crippen MR) is 61.6 cm³/mol. The normalized spacial score (nSPS) is 19.9. The van der Waals surface area contributed by atoms with Gasteiger partial charge in [0.05, 0.1) is 0 Å². The van der Waals surface area contributed by atoms with Crippen LogP contribution in [-0.2, 0) is 14.4 Å². The average Bonchev–Trinajstić information content (AvgIpc) is 2.19. The fraction of sp³-hybridized carbons (Fsp3) is 0.600. The van der Waals surface area contributed by atoms with Crippen LogP contribution in [0.15, 0.2) is 0 Å². The zero-order valence-corrected chi connectivity index (χ0v) is 9.97. The van der Waals surface area contributed by atoms with Gasteiger partial charge in [0.1, 0.15) is 6.04 Å². The molecule has 0 saturated carbocycles. The Kier molecular flexibility index (Phi) is 4.24. The molecule has 1 saturated heterocycles. The van der Waals surface area contributed by atoms with E-state index in [0.29, 0.717) is 6.42 Å². The maximum atomic E-state index is 11.2. The highest BCUT2D eigenvalue weighted by Crippen LogP contribution is 2.24. The number of hydrogen-bond donors (Lipinski definition) is 4. The lowest BCUT2D eigenvalue weighted by Gasteiger charge is -2.38. The first-order valence-corrected chi connectivity index (χ1v) is 5.49. The van der Waals surface area contributed by atoms with Gasteiger partial charge in [-0.15, -0.1) is 0 Å². The Morgan fingerprint density at radius 2 is 2.28 bits per heavy atom. The minimum atomic E-state index is -1.12. The van der Waals surface area contributed by atoms with Crippen LogP contribution in [0.4, 0.5) is 0 Å². The second-order valence-corrected chi connectivity index (χ2v) is 4.17. The van der Waals surface area contributed by atoms with Crippen LogP contribution in [0, 0.1) is 5.41 Å². The molecule has 8 nitrogen and oxygen atoms in total. The maximum absolute atomic E-state index is 11.2. The molecule has 100 valence electrons. The van der Waals surface area contributed by atoms with Gasteiger partial charge >= 0.3 is 5.97 Å². The predicted octanol–water partition coefficient (Wildman–Crippen LogP) is -1.15. The number of hydrogen-bond acceptors (Lipinski definition) is 4. The molecule has 1 aliphatic rings. The smallest absolute Gasteiger partial charge is 0.326 e. The highest BCUT2D eigenvalue weighted by molar-refractivity contribution is 5.99. The lowest BCUT2D eigenvalue weighted by atomic mass is 9.94. The van der Waals surface area contributed by atoms with Crippen LogP contribution in [-0.4, -0.2) is 45.8 Å². The third-order valence-corrected chi connectivity index (χ3v) is 2.80. The number of carboxylic acid groups (broad SMARTS) is 1. The van der Waals surface area contributed by atoms with Crippen molar-refractivity contribution in [1.82, 2.24) is 10.2 Å². The molecule has 0 aromatic carbocycles. The Hall–Kier alpha value is -2.12. The number of guanidine groups is 1. The maximum Gasteiger partial charge on any atom is 0.326 e. The molecule has 1 rings (SSSR count). The molecule has 0 aliphatic carbocycles. The largest absolute Gasteiger partial charge is 0.480 e. The number of nitrogens with two attached hydrogens (primary N) is 1. The second-order valence-electron chi connectivity index (χ2n) is 4.17. The van der Waals surface area contributed by atoms with Crippen molar-refractivity contribution >= 4 is 23.7 Å². The van der Waals surface area contributed by atoms with Crippen molar-refractivity contribution in [3.05, 3.63) is 0 Å². The van der Waals surface area contributed by atoms with Crippen LogP contribution in [0.25, 0.3) is 0 Å². The van der Waals surface area contributed by atoms with E-state index in [0.717, 1.165) is 4.90 Å². The Morgan fingerprint density at radius 3 is 2.67 bits per heavy atom. The minimum absolute atomic E-state index is 0.191. The highest BCUT2D eigenvalue weighted by atomic mass is 16.4. The Bertz CT molecular complexity index is 387. The van der Waals surface area contributed by atoms with Crippen LogP contribution in [0.5, 0.6) is 0 Å². The van der Waals surface area contributed by atoms with Crippen molar-refractivity contribution in [1.29, 1.82) is 5.41 Å². The molecule has 18 heavy (non-hydrogen) atoms. The van der Waals surface area contributed by atoms with Gasteiger partial charge in [0.25, 0.3) is 0 Å². The molecular weight excluding hydrogens is 240 g/mol. The monoisotopic (exact) mass is 256 g/mol. The van der Waals surface area contributed by atoms with Crippen LogP contribution < -0.4 is 11.1 Å². The summed E-state index contributed by atoms with van der Waals surface area (Å²) in [5.74, 6) is -2.11. The summed E-state index contributed by atoms with van der Waals surface area (Å²) >= 11 is 0. The lowest BCUT2D eigenvalue weighted by molar-refractivity contribution is -0.157. The molecule has 1 aliphatic heterocycles. The topological polar surface area (TPSA) is 137 Å². The first kappa shape index (κ1) is 13.9. The van der Waals surface area contributed by atoms with E-state index in [1.165, 1.54) is 6.92 Å². The fourth-order valence-corrected chi connectivity index (χ4v) is 1.95. The van der Waals surface area contributed by atoms with Gasteiger partial charge in [-0.05, 0) is 12.8 Å². The van der Waals surface area contributed by atoms with Gasteiger partial charge in [-0.3, -0.25) is 19.9 Å². The molecule has 0 aromatic rings. The van der Waals surface area contributed by atoms with E-state index in [2.05, 4.69) is 5.32 Å². The van der Waals surface area contributed by atoms with Gasteiger partial charge in [0, 0.05) is 19.4 Å². The Labute approximate surface area is 104 Å². The van der Waals surface area contributed by atoms with Gasteiger partial charge in [0.15, 0.2) is 5.96 Å². The molecule has 0 radical (unpaired) electrons. The summed E-state index contributed by atoms with van der Waals surface area (Å²) in [5, 5.41) is 18.2. The van der Waals surface area contributed by atoms with Gasteiger partial charge in [-0.2, -0.15) is 0 Å². The molecule has 5 N–H and O–H groups in total. The SMILES string of the molecule is CC(=O)N1C(=O)CC1CCC(NC(=N)N)C(=O)O. The third-order valence-electron chi connectivity index (χ3n) is 2.80. The zero-order valence-electron chi connectivity index (χ0n) is 9.97. The molecule has 0 aromatic heterocycles. The van der Waals surface area contributed by atoms with E-state index in [4.69, 9.17) is 16.2 Å². The highest BCUT2D eigenvalue weighted by Gasteiger charge is 2.39. The van der Waals surface area contributed by atoms with Crippen molar-refractivity contribution in [2.24, 2.45) is 5.73 Å². The molecule has 2 atom stereocenters. The first-order chi connectivity index (χ1) is 8.32. The fourth-order valence-electron chi connectivity index (χ4n) is 1.95. The number of amides is 2. The third kappa shape index (κ3) is 3.19. The quantitative estimate of drug-likeness (QED) is 0.278. The number of imide groups is 1. The van der Waals surface area contributed by atoms with Crippen molar-refractivity contribution < 1.29 is 19.5 Å². The van der Waals surface area contributed by atoms with E-state index in [1.807, 2.05) is 0 Å².